The standard InChI is InChI=1S/C36H35N3O6.C24H20N2O4.C13H19NO3.C6H15N.C3H3F3O.S10/c1-23-7-5-6-14-39(22-24(23)2)34(43)21-33(42)37-15-17-38(18-16-37)36(44)28-9-4-3-8-27(28)35-29-12-10-25(40)19-31(29)45-32-20-26(41)11-13-30(32)35;27-15-5-7-19-21(13-15)30-22-14-16(28)6-8-20(22)23(19)17-3-1-2-4-18(17)24(29)26-11-9-25-10-12-26;1-11-5-3-4-7-14(9-12(11)2)13(16)6-8-17-10-15;1-4-7(5-2)6-3;1-2(7)3(4,5)6;1-3-5-7-9-10-8-6-4-2/h3-4,8-13,19-20,23-24,40H,6,14-18,21-22H2,1-2H3;1-8,13-14,25,27H,9-12H2;10-12H,4,6-9H2,1-2H3;4-6H2,1-3H3;1H3;/t23-,24-;;11-,12-;;;/m0.0.../s1. The fourth-order valence-corrected chi connectivity index (χ4v) is 29.1. The van der Waals surface area contributed by atoms with Gasteiger partial charge in [0, 0.05) is 272 Å². The lowest BCUT2D eigenvalue weighted by atomic mass is 9.90. The number of ketones is 1. The van der Waals surface area contributed by atoms with Gasteiger partial charge in [-0.3, -0.25) is 43.2 Å². The molecule has 0 saturated carbocycles. The average Bonchev–Trinajstić information content (AvgIpc) is 0.753. The molecule has 0 aromatic heterocycles. The molecule has 4 aromatic carbocycles. The molecule has 620 valence electrons. The number of amides is 5. The molecule has 5 amide bonds. The second kappa shape index (κ2) is 48.3. The van der Waals surface area contributed by atoms with E-state index in [0.717, 1.165) is 53.7 Å². The van der Waals surface area contributed by atoms with E-state index in [4.69, 9.17) is 8.83 Å². The molecule has 0 unspecified atom stereocenters. The molecule has 0 radical (unpaired) electrons. The van der Waals surface area contributed by atoms with Gasteiger partial charge < -0.3 is 58.5 Å². The zero-order chi connectivity index (χ0) is 84.4. The van der Waals surface area contributed by atoms with E-state index in [1.54, 1.807) is 117 Å². The number of benzene rings is 6. The molecule has 34 heteroatoms. The first kappa shape index (κ1) is 94.5. The molecule has 8 aliphatic rings. The van der Waals surface area contributed by atoms with Crippen molar-refractivity contribution in [2.75, 3.05) is 105 Å². The van der Waals surface area contributed by atoms with Crippen LogP contribution in [0.25, 0.3) is 66.8 Å². The number of rotatable bonds is 13. The smallest absolute Gasteiger partial charge is 0.449 e. The Bertz CT molecular complexity index is 5340. The molecule has 4 aromatic rings. The lowest BCUT2D eigenvalue weighted by molar-refractivity contribution is -0.168. The van der Waals surface area contributed by atoms with Gasteiger partial charge in [-0.05, 0) is 103 Å². The van der Waals surface area contributed by atoms with Crippen LogP contribution in [0, 0.1) is 47.4 Å². The highest BCUT2D eigenvalue weighted by atomic mass is 33.4. The zero-order valence-electron chi connectivity index (χ0n) is 65.3. The number of fused-ring (bicyclic) bond motifs is 4. The lowest BCUT2D eigenvalue weighted by Gasteiger charge is -2.35. The van der Waals surface area contributed by atoms with Gasteiger partial charge in [0.2, 0.25) is 23.5 Å². The van der Waals surface area contributed by atoms with Crippen molar-refractivity contribution in [2.24, 2.45) is 23.7 Å². The first-order valence-electron chi connectivity index (χ1n) is 37.3. The van der Waals surface area contributed by atoms with Gasteiger partial charge in [-0.15, -0.1) is 11.8 Å². The van der Waals surface area contributed by atoms with Crippen molar-refractivity contribution >= 4 is 157 Å². The van der Waals surface area contributed by atoms with Gasteiger partial charge in [-0.1, -0.05) is 96.7 Å². The Hall–Kier alpha value is -8.62. The highest BCUT2D eigenvalue weighted by molar-refractivity contribution is 8.73. The molecule has 6 aliphatic heterocycles. The average molecular weight is 1780 g/mol. The summed E-state index contributed by atoms with van der Waals surface area (Å²) < 4.78 is 48.9. The van der Waals surface area contributed by atoms with Crippen molar-refractivity contribution in [1.82, 2.24) is 34.7 Å². The monoisotopic (exact) mass is 1780 g/mol. The summed E-state index contributed by atoms with van der Waals surface area (Å²) in [6.45, 7) is 26.2. The fourth-order valence-electron chi connectivity index (χ4n) is 12.7. The van der Waals surface area contributed by atoms with E-state index in [0.29, 0.717) is 141 Å². The first-order chi connectivity index (χ1) is 55.7. The molecule has 21 nitrogen and oxygen atoms in total. The van der Waals surface area contributed by atoms with Gasteiger partial charge in [-0.2, -0.15) is 13.2 Å². The van der Waals surface area contributed by atoms with Crippen molar-refractivity contribution < 1.29 is 70.5 Å². The molecule has 12 rings (SSSR count). The van der Waals surface area contributed by atoms with Crippen LogP contribution in [0.2, 0.25) is 0 Å². The van der Waals surface area contributed by atoms with Gasteiger partial charge in [-0.25, -0.2) is 0 Å². The van der Waals surface area contributed by atoms with Crippen LogP contribution in [0.5, 0.6) is 11.5 Å². The van der Waals surface area contributed by atoms with E-state index in [-0.39, 0.29) is 83.2 Å². The number of ether oxygens (including phenoxy) is 1. The quantitative estimate of drug-likeness (QED) is 0.0318. The number of hydrogen-bond donors (Lipinski definition) is 3. The Kier molecular flexibility index (Phi) is 39.4. The largest absolute Gasteiger partial charge is 0.508 e. The summed E-state index contributed by atoms with van der Waals surface area (Å²) in [6.07, 6.45) is -3.25. The maximum atomic E-state index is 14.0. The summed E-state index contributed by atoms with van der Waals surface area (Å²) in [6, 6.07) is 33.7. The minimum absolute atomic E-state index is 0.0200. The molecule has 0 bridgehead atoms. The van der Waals surface area contributed by atoms with E-state index in [1.165, 1.54) is 73.8 Å². The van der Waals surface area contributed by atoms with Crippen LogP contribution >= 0.6 is 0 Å². The normalized spacial score (nSPS) is 16.4. The topological polar surface area (TPSA) is 261 Å². The van der Waals surface area contributed by atoms with Crippen LogP contribution < -0.4 is 16.2 Å². The van der Waals surface area contributed by atoms with Crippen LogP contribution in [0.3, 0.4) is 0 Å². The fraction of sp³-hybridized carbons (Fsp3) is 0.402. The number of alkyl halides is 3. The summed E-state index contributed by atoms with van der Waals surface area (Å²) in [5, 5.41) is 24.8. The maximum Gasteiger partial charge on any atom is 0.449 e. The van der Waals surface area contributed by atoms with Gasteiger partial charge in [0.1, 0.15) is 40.6 Å². The first-order valence-corrected chi connectivity index (χ1v) is 49.3. The molecular formula is C82H92F3N7O14S10. The summed E-state index contributed by atoms with van der Waals surface area (Å²) in [7, 11) is 12.7. The van der Waals surface area contributed by atoms with Crippen molar-refractivity contribution in [3.63, 3.8) is 0 Å². The highest BCUT2D eigenvalue weighted by Crippen LogP contribution is 2.44. The Labute approximate surface area is 705 Å². The molecule has 2 aliphatic carbocycles. The molecule has 2 saturated heterocycles. The summed E-state index contributed by atoms with van der Waals surface area (Å²) >= 11 is 9.31. The summed E-state index contributed by atoms with van der Waals surface area (Å²) in [4.78, 5) is 120. The minimum Gasteiger partial charge on any atom is -0.508 e. The molecule has 2 fully saturated rings. The Morgan fingerprint density at radius 1 is 0.552 bits per heavy atom. The molecule has 3 N–H and O–H groups in total. The number of phenols is 2. The van der Waals surface area contributed by atoms with Crippen molar-refractivity contribution in [3.8, 4) is 80.1 Å². The number of hydrogen-bond acceptors (Lipinski definition) is 18. The van der Waals surface area contributed by atoms with Crippen LogP contribution in [-0.2, 0) is 122 Å². The maximum absolute atomic E-state index is 14.0. The van der Waals surface area contributed by atoms with Crippen LogP contribution in [-0.4, -0.2) is 192 Å². The number of halogens is 3. The predicted octanol–water partition coefficient (Wildman–Crippen LogP) is 11.3. The second-order valence-corrected chi connectivity index (χ2v) is 41.1. The van der Waals surface area contributed by atoms with Crippen LogP contribution in [0.1, 0.15) is 102 Å². The number of nitrogens with one attached hydrogen (secondary N) is 1. The van der Waals surface area contributed by atoms with E-state index in [9.17, 15) is 66.5 Å². The van der Waals surface area contributed by atoms with E-state index < -0.39 is 12.0 Å². The number of Topliss-reactive ketones (excluding diaryl/α,β-unsaturated/α-hetero) is 1. The predicted molar refractivity (Wildman–Crippen MR) is 473 cm³/mol. The summed E-state index contributed by atoms with van der Waals surface area (Å²) in [5.41, 5.74) is 5.93. The molecule has 6 heterocycles. The van der Waals surface area contributed by atoms with Crippen molar-refractivity contribution in [3.05, 3.63) is 153 Å². The Morgan fingerprint density at radius 3 is 1.37 bits per heavy atom. The highest BCUT2D eigenvalue weighted by Gasteiger charge is 2.35. The van der Waals surface area contributed by atoms with Gasteiger partial charge in [0.15, 0.2) is 10.9 Å². The van der Waals surface area contributed by atoms with Crippen LogP contribution in [0.4, 0.5) is 13.2 Å². The third-order valence-corrected chi connectivity index (χ3v) is 34.9. The number of phenolic OH excluding ortho intramolecular Hbond substituents is 2. The van der Waals surface area contributed by atoms with E-state index in [2.05, 4.69) is 109 Å². The molecule has 0 spiro atoms. The molecule has 4 atom stereocenters. The van der Waals surface area contributed by atoms with Crippen molar-refractivity contribution in [1.29, 1.82) is 0 Å². The van der Waals surface area contributed by atoms with Crippen LogP contribution in [0.15, 0.2) is 140 Å². The minimum atomic E-state index is -4.64. The second-order valence-electron chi connectivity index (χ2n) is 26.9. The third-order valence-electron chi connectivity index (χ3n) is 19.4. The third kappa shape index (κ3) is 28.3. The Morgan fingerprint density at radius 2 is 0.957 bits per heavy atom. The van der Waals surface area contributed by atoms with Gasteiger partial charge in [0.25, 0.3) is 18.3 Å². The van der Waals surface area contributed by atoms with E-state index >= 15 is 0 Å². The molecular weight excluding hydrogens is 1680 g/mol. The van der Waals surface area contributed by atoms with E-state index in [1.807, 2.05) is 46.2 Å². The Balaban J connectivity index is 0.000000224. The van der Waals surface area contributed by atoms with Gasteiger partial charge >= 0.3 is 6.18 Å². The van der Waals surface area contributed by atoms with Gasteiger partial charge in [0.05, 0.1) is 13.0 Å². The number of nitrogens with zero attached hydrogens (tertiary/aromatic N) is 6. The molecule has 116 heavy (non-hydrogen) atoms. The summed E-state index contributed by atoms with van der Waals surface area (Å²) in [5.74, 6) is 12.3. The zero-order valence-corrected chi connectivity index (χ0v) is 73.4. The van der Waals surface area contributed by atoms with Crippen molar-refractivity contribution in [2.45, 2.75) is 87.2 Å². The number of carbonyl (C=O) groups is 7. The lowest BCUT2D eigenvalue weighted by Crippen LogP contribution is -2.51. The number of aromatic hydroxyl groups is 2. The SMILES string of the molecule is CC(=O)C(F)(F)F.CCN(CC)CC.C[C@H]1C#CCCN(C(=O)CC(=O)N2CCN(C(=O)c3ccccc3-c3c4ccc(=O)cc-4oc4cc(O)ccc34)CC2)C[C@@H]1C.C[C@H]1C#CCCN(C(=O)CCOC=O)C[C@@H]1C.O=C(c1ccccc1-c1c2ccc(=O)cc-2oc2cc(O)ccc12)N1CCNCC1.S=S=S=S=S=S=S=S=S=S. The number of piperazine rings is 2. The number of carbonyl (C=O) groups excluding carboxylic acids is 7.